The Morgan fingerprint density at radius 2 is 1.29 bits per heavy atom. The fourth-order valence-corrected chi connectivity index (χ4v) is 4.04. The van der Waals surface area contributed by atoms with Gasteiger partial charge in [0.1, 0.15) is 0 Å². The summed E-state index contributed by atoms with van der Waals surface area (Å²) >= 11 is 1.34. The van der Waals surface area contributed by atoms with Crippen LogP contribution >= 0.6 is 11.8 Å². The number of carbonyl (C=O) groups is 1. The average molecular weight is 426 g/mol. The van der Waals surface area contributed by atoms with Crippen LogP contribution in [0.15, 0.2) is 90.1 Å². The summed E-state index contributed by atoms with van der Waals surface area (Å²) in [5.41, 5.74) is 6.77. The summed E-state index contributed by atoms with van der Waals surface area (Å²) in [4.78, 5) is 21.9. The number of aromatic nitrogens is 2. The maximum absolute atomic E-state index is 12.5. The van der Waals surface area contributed by atoms with E-state index < -0.39 is 0 Å². The molecule has 4 rings (SSSR count). The van der Waals surface area contributed by atoms with Crippen molar-refractivity contribution in [2.45, 2.75) is 19.0 Å². The Kier molecular flexibility index (Phi) is 6.43. The first kappa shape index (κ1) is 20.8. The Morgan fingerprint density at radius 3 is 1.81 bits per heavy atom. The maximum atomic E-state index is 12.5. The van der Waals surface area contributed by atoms with Crippen LogP contribution in [0.3, 0.4) is 0 Å². The van der Waals surface area contributed by atoms with Crippen molar-refractivity contribution in [3.8, 4) is 22.5 Å². The molecule has 0 aliphatic carbocycles. The molecule has 0 unspecified atom stereocenters. The lowest BCUT2D eigenvalue weighted by atomic mass is 10.1. The number of benzene rings is 3. The normalized spacial score (nSPS) is 10.6. The van der Waals surface area contributed by atoms with Gasteiger partial charge in [-0.05, 0) is 43.2 Å². The van der Waals surface area contributed by atoms with E-state index in [9.17, 15) is 4.79 Å². The van der Waals surface area contributed by atoms with Gasteiger partial charge < -0.3 is 5.32 Å². The zero-order valence-corrected chi connectivity index (χ0v) is 18.3. The van der Waals surface area contributed by atoms with Crippen molar-refractivity contribution in [2.24, 2.45) is 0 Å². The third-order valence-electron chi connectivity index (χ3n) is 4.68. The molecule has 0 radical (unpaired) electrons. The molecule has 0 saturated carbocycles. The van der Waals surface area contributed by atoms with E-state index >= 15 is 0 Å². The van der Waals surface area contributed by atoms with Gasteiger partial charge in [-0.25, -0.2) is 9.97 Å². The smallest absolute Gasteiger partial charge is 0.234 e. The first-order valence-electron chi connectivity index (χ1n) is 10.1. The van der Waals surface area contributed by atoms with Crippen LogP contribution in [0.4, 0.5) is 5.69 Å². The summed E-state index contributed by atoms with van der Waals surface area (Å²) < 4.78 is 0. The number of hydrogen-bond donors (Lipinski definition) is 1. The summed E-state index contributed by atoms with van der Waals surface area (Å²) in [5, 5.41) is 3.55. The van der Waals surface area contributed by atoms with Gasteiger partial charge in [0, 0.05) is 16.8 Å². The van der Waals surface area contributed by atoms with Crippen LogP contribution in [-0.4, -0.2) is 21.6 Å². The minimum absolute atomic E-state index is 0.0787. The van der Waals surface area contributed by atoms with E-state index in [-0.39, 0.29) is 11.7 Å². The second kappa shape index (κ2) is 9.58. The molecule has 0 aliphatic rings. The van der Waals surface area contributed by atoms with Crippen LogP contribution in [0.1, 0.15) is 11.1 Å². The lowest BCUT2D eigenvalue weighted by molar-refractivity contribution is -0.113. The van der Waals surface area contributed by atoms with Crippen molar-refractivity contribution < 1.29 is 4.79 Å². The lowest BCUT2D eigenvalue weighted by Gasteiger charge is -2.10. The van der Waals surface area contributed by atoms with Crippen molar-refractivity contribution in [1.82, 2.24) is 9.97 Å². The van der Waals surface area contributed by atoms with E-state index in [1.54, 1.807) is 0 Å². The Bertz CT molecular complexity index is 1120. The number of nitrogens with one attached hydrogen (secondary N) is 1. The standard InChI is InChI=1S/C26H23N3OS/c1-18-13-19(2)15-22(14-18)27-25(30)17-31-26-28-23(20-9-5-3-6-10-20)16-24(29-26)21-11-7-4-8-12-21/h3-16H,17H2,1-2H3,(H,27,30). The van der Waals surface area contributed by atoms with Crippen molar-refractivity contribution in [1.29, 1.82) is 0 Å². The van der Waals surface area contributed by atoms with Gasteiger partial charge in [-0.2, -0.15) is 0 Å². The largest absolute Gasteiger partial charge is 0.325 e. The highest BCUT2D eigenvalue weighted by Crippen LogP contribution is 2.27. The molecule has 1 aromatic heterocycles. The SMILES string of the molecule is Cc1cc(C)cc(NC(=O)CSc2nc(-c3ccccc3)cc(-c3ccccc3)n2)c1. The number of hydrogen-bond acceptors (Lipinski definition) is 4. The molecule has 154 valence electrons. The Morgan fingerprint density at radius 1 is 0.774 bits per heavy atom. The first-order valence-corrected chi connectivity index (χ1v) is 11.1. The number of nitrogens with zero attached hydrogens (tertiary/aromatic N) is 2. The molecule has 5 heteroatoms. The molecule has 0 bridgehead atoms. The van der Waals surface area contributed by atoms with Crippen molar-refractivity contribution in [3.05, 3.63) is 96.1 Å². The lowest BCUT2D eigenvalue weighted by Crippen LogP contribution is -2.14. The molecule has 31 heavy (non-hydrogen) atoms. The highest BCUT2D eigenvalue weighted by molar-refractivity contribution is 7.99. The van der Waals surface area contributed by atoms with Gasteiger partial charge in [0.05, 0.1) is 17.1 Å². The van der Waals surface area contributed by atoms with Gasteiger partial charge in [-0.1, -0.05) is 78.5 Å². The number of thioether (sulfide) groups is 1. The first-order chi connectivity index (χ1) is 15.1. The number of amides is 1. The zero-order chi connectivity index (χ0) is 21.6. The Hall–Kier alpha value is -3.44. The molecule has 0 spiro atoms. The molecule has 4 nitrogen and oxygen atoms in total. The molecule has 1 N–H and O–H groups in total. The van der Waals surface area contributed by atoms with Crippen LogP contribution in [-0.2, 0) is 4.79 Å². The molecule has 0 fully saturated rings. The summed E-state index contributed by atoms with van der Waals surface area (Å²) in [6.45, 7) is 4.04. The van der Waals surface area contributed by atoms with Crippen molar-refractivity contribution in [3.63, 3.8) is 0 Å². The number of rotatable bonds is 6. The second-order valence-electron chi connectivity index (χ2n) is 7.37. The van der Waals surface area contributed by atoms with Crippen LogP contribution in [0.5, 0.6) is 0 Å². The molecular weight excluding hydrogens is 402 g/mol. The van der Waals surface area contributed by atoms with Crippen LogP contribution < -0.4 is 5.32 Å². The molecule has 3 aromatic carbocycles. The van der Waals surface area contributed by atoms with E-state index in [0.29, 0.717) is 5.16 Å². The van der Waals surface area contributed by atoms with Gasteiger partial charge in [0.2, 0.25) is 5.91 Å². The predicted octanol–water partition coefficient (Wildman–Crippen LogP) is 6.16. The molecule has 0 atom stereocenters. The zero-order valence-electron chi connectivity index (χ0n) is 17.5. The predicted molar refractivity (Wildman–Crippen MR) is 128 cm³/mol. The van der Waals surface area contributed by atoms with Gasteiger partial charge in [-0.15, -0.1) is 0 Å². The number of carbonyl (C=O) groups excluding carboxylic acids is 1. The molecule has 0 saturated heterocycles. The minimum Gasteiger partial charge on any atom is -0.325 e. The topological polar surface area (TPSA) is 54.9 Å². The van der Waals surface area contributed by atoms with E-state index in [0.717, 1.165) is 39.3 Å². The highest BCUT2D eigenvalue weighted by Gasteiger charge is 2.11. The van der Waals surface area contributed by atoms with E-state index in [4.69, 9.17) is 9.97 Å². The third-order valence-corrected chi connectivity index (χ3v) is 5.53. The quantitative estimate of drug-likeness (QED) is 0.297. The van der Waals surface area contributed by atoms with Crippen LogP contribution in [0, 0.1) is 13.8 Å². The average Bonchev–Trinajstić information content (AvgIpc) is 2.78. The summed E-state index contributed by atoms with van der Waals surface area (Å²) in [5.74, 6) is 0.157. The minimum atomic E-state index is -0.0787. The molecule has 1 amide bonds. The fraction of sp³-hybridized carbons (Fsp3) is 0.115. The summed E-state index contributed by atoms with van der Waals surface area (Å²) in [7, 11) is 0. The van der Waals surface area contributed by atoms with Gasteiger partial charge in [-0.3, -0.25) is 4.79 Å². The monoisotopic (exact) mass is 425 g/mol. The van der Waals surface area contributed by atoms with E-state index in [1.807, 2.05) is 92.7 Å². The Balaban J connectivity index is 1.56. The van der Waals surface area contributed by atoms with Gasteiger partial charge in [0.15, 0.2) is 5.16 Å². The number of anilines is 1. The van der Waals surface area contributed by atoms with Crippen LogP contribution in [0.2, 0.25) is 0 Å². The van der Waals surface area contributed by atoms with E-state index in [2.05, 4.69) is 11.4 Å². The third kappa shape index (κ3) is 5.58. The molecule has 0 aliphatic heterocycles. The summed E-state index contributed by atoms with van der Waals surface area (Å²) in [6.07, 6.45) is 0. The van der Waals surface area contributed by atoms with E-state index in [1.165, 1.54) is 11.8 Å². The fourth-order valence-electron chi connectivity index (χ4n) is 3.38. The van der Waals surface area contributed by atoms with Crippen LogP contribution in [0.25, 0.3) is 22.5 Å². The van der Waals surface area contributed by atoms with Crippen molar-refractivity contribution >= 4 is 23.4 Å². The van der Waals surface area contributed by atoms with Crippen molar-refractivity contribution in [2.75, 3.05) is 11.1 Å². The highest BCUT2D eigenvalue weighted by atomic mass is 32.2. The summed E-state index contributed by atoms with van der Waals surface area (Å²) in [6, 6.07) is 28.0. The maximum Gasteiger partial charge on any atom is 0.234 e. The Labute approximate surface area is 186 Å². The number of aryl methyl sites for hydroxylation is 2. The molecule has 4 aromatic rings. The van der Waals surface area contributed by atoms with Gasteiger partial charge in [0.25, 0.3) is 0 Å². The van der Waals surface area contributed by atoms with Gasteiger partial charge >= 0.3 is 0 Å². The second-order valence-corrected chi connectivity index (χ2v) is 8.31. The molecular formula is C26H23N3OS. The molecule has 1 heterocycles.